The standard InChI is InChI=1S/C26H17Cl4FN2O5/c1-10-4-5-11(8-14(10)31)32-22(13-9-12(37-2)6-7-15(13)38-3)23(26(32)36)33-24(34)16-17(25(33)35)19(28)21(30)20(29)18(16)27/h4-9,22-23H,1-3H3. The van der Waals surface area contributed by atoms with Gasteiger partial charge in [-0.1, -0.05) is 52.5 Å². The van der Waals surface area contributed by atoms with Crippen LogP contribution in [0.3, 0.4) is 0 Å². The van der Waals surface area contributed by atoms with Gasteiger partial charge in [-0.15, -0.1) is 0 Å². The number of anilines is 1. The number of benzene rings is 3. The topological polar surface area (TPSA) is 76.1 Å². The first-order chi connectivity index (χ1) is 18.0. The fourth-order valence-corrected chi connectivity index (χ4v) is 5.76. The highest BCUT2D eigenvalue weighted by Gasteiger charge is 2.59. The van der Waals surface area contributed by atoms with Crippen molar-refractivity contribution in [3.05, 3.63) is 84.6 Å². The summed E-state index contributed by atoms with van der Waals surface area (Å²) in [7, 11) is 2.89. The van der Waals surface area contributed by atoms with Gasteiger partial charge >= 0.3 is 0 Å². The van der Waals surface area contributed by atoms with Gasteiger partial charge in [-0.05, 0) is 42.8 Å². The summed E-state index contributed by atoms with van der Waals surface area (Å²) < 4.78 is 25.4. The van der Waals surface area contributed by atoms with Crippen molar-refractivity contribution in [1.82, 2.24) is 4.90 Å². The minimum Gasteiger partial charge on any atom is -0.497 e. The summed E-state index contributed by atoms with van der Waals surface area (Å²) in [5.74, 6) is -2.11. The normalized spacial score (nSPS) is 18.6. The van der Waals surface area contributed by atoms with Crippen LogP contribution in [0, 0.1) is 12.7 Å². The Morgan fingerprint density at radius 2 is 1.37 bits per heavy atom. The van der Waals surface area contributed by atoms with Gasteiger partial charge in [0.2, 0.25) is 0 Å². The number of methoxy groups -OCH3 is 2. The number of imide groups is 1. The van der Waals surface area contributed by atoms with Crippen molar-refractivity contribution in [2.45, 2.75) is 19.0 Å². The number of hydrogen-bond acceptors (Lipinski definition) is 5. The van der Waals surface area contributed by atoms with E-state index in [1.54, 1.807) is 31.2 Å². The molecule has 2 aliphatic heterocycles. The largest absolute Gasteiger partial charge is 0.497 e. The Morgan fingerprint density at radius 3 is 1.89 bits per heavy atom. The van der Waals surface area contributed by atoms with Crippen molar-refractivity contribution in [1.29, 1.82) is 0 Å². The van der Waals surface area contributed by atoms with Crippen LogP contribution in [0.4, 0.5) is 10.1 Å². The van der Waals surface area contributed by atoms with Crippen LogP contribution in [0.25, 0.3) is 0 Å². The molecule has 0 radical (unpaired) electrons. The molecule has 3 aromatic carbocycles. The second-order valence-corrected chi connectivity index (χ2v) is 10.1. The molecule has 1 fully saturated rings. The lowest BCUT2D eigenvalue weighted by Gasteiger charge is -2.50. The van der Waals surface area contributed by atoms with Crippen LogP contribution in [-0.2, 0) is 4.79 Å². The minimum absolute atomic E-state index is 0.192. The third-order valence-electron chi connectivity index (χ3n) is 6.67. The van der Waals surface area contributed by atoms with Gasteiger partial charge in [-0.2, -0.15) is 0 Å². The Morgan fingerprint density at radius 1 is 0.763 bits per heavy atom. The number of hydrogen-bond donors (Lipinski definition) is 0. The van der Waals surface area contributed by atoms with Gasteiger partial charge in [0.05, 0.1) is 51.5 Å². The summed E-state index contributed by atoms with van der Waals surface area (Å²) in [5, 5.41) is -0.890. The molecule has 0 bridgehead atoms. The average Bonchev–Trinajstić information content (AvgIpc) is 3.16. The first-order valence-corrected chi connectivity index (χ1v) is 12.6. The highest BCUT2D eigenvalue weighted by atomic mass is 35.5. The van der Waals surface area contributed by atoms with Crippen LogP contribution in [0.2, 0.25) is 20.1 Å². The van der Waals surface area contributed by atoms with E-state index in [1.807, 2.05) is 0 Å². The first kappa shape index (κ1) is 26.6. The number of β-lactam (4-membered cyclic amide) rings is 1. The molecule has 0 spiro atoms. The van der Waals surface area contributed by atoms with E-state index in [4.69, 9.17) is 55.9 Å². The predicted octanol–water partition coefficient (Wildman–Crippen LogP) is 6.52. The number of nitrogens with zero attached hydrogens (tertiary/aromatic N) is 2. The second kappa shape index (κ2) is 9.61. The van der Waals surface area contributed by atoms with Crippen molar-refractivity contribution in [2.24, 2.45) is 0 Å². The lowest BCUT2D eigenvalue weighted by atomic mass is 9.85. The van der Waals surface area contributed by atoms with Gasteiger partial charge in [0.1, 0.15) is 23.4 Å². The van der Waals surface area contributed by atoms with Gasteiger partial charge in [-0.25, -0.2) is 4.39 Å². The number of amides is 3. The fraction of sp³-hybridized carbons (Fsp3) is 0.192. The number of carbonyl (C=O) groups excluding carboxylic acids is 3. The van der Waals surface area contributed by atoms with Crippen molar-refractivity contribution in [3.8, 4) is 11.5 Å². The van der Waals surface area contributed by atoms with Gasteiger partial charge < -0.3 is 14.4 Å². The maximum atomic E-state index is 14.5. The second-order valence-electron chi connectivity index (χ2n) is 8.63. The Balaban J connectivity index is 1.69. The van der Waals surface area contributed by atoms with Crippen molar-refractivity contribution in [2.75, 3.05) is 19.1 Å². The summed E-state index contributed by atoms with van der Waals surface area (Å²) in [6.07, 6.45) is 0. The van der Waals surface area contributed by atoms with Crippen LogP contribution >= 0.6 is 46.4 Å². The Labute approximate surface area is 236 Å². The van der Waals surface area contributed by atoms with Gasteiger partial charge in [0.15, 0.2) is 0 Å². The third-order valence-corrected chi connectivity index (χ3v) is 8.47. The molecule has 2 unspecified atom stereocenters. The van der Waals surface area contributed by atoms with Crippen LogP contribution in [0.1, 0.15) is 37.9 Å². The van der Waals surface area contributed by atoms with E-state index in [-0.39, 0.29) is 36.9 Å². The average molecular weight is 598 g/mol. The Kier molecular flexibility index (Phi) is 6.72. The number of rotatable bonds is 5. The SMILES string of the molecule is COc1ccc(OC)c(C2C(N3C(=O)c4c(Cl)c(Cl)c(Cl)c(Cl)c4C3=O)C(=O)N2c2ccc(C)c(F)c2)c1. The first-order valence-electron chi connectivity index (χ1n) is 11.1. The maximum Gasteiger partial charge on any atom is 0.264 e. The molecule has 12 heteroatoms. The molecule has 0 aliphatic carbocycles. The Hall–Kier alpha value is -3.04. The van der Waals surface area contributed by atoms with E-state index in [0.717, 1.165) is 4.90 Å². The summed E-state index contributed by atoms with van der Waals surface area (Å²) in [6.45, 7) is 1.59. The molecule has 1 saturated heterocycles. The van der Waals surface area contributed by atoms with E-state index in [1.165, 1.54) is 31.3 Å². The monoisotopic (exact) mass is 596 g/mol. The minimum atomic E-state index is -1.35. The van der Waals surface area contributed by atoms with Crippen molar-refractivity contribution >= 4 is 69.8 Å². The van der Waals surface area contributed by atoms with E-state index in [0.29, 0.717) is 22.6 Å². The number of halogens is 5. The molecule has 5 rings (SSSR count). The van der Waals surface area contributed by atoms with Crippen LogP contribution < -0.4 is 14.4 Å². The van der Waals surface area contributed by atoms with Gasteiger partial charge in [0.25, 0.3) is 17.7 Å². The fourth-order valence-electron chi connectivity index (χ4n) is 4.74. The zero-order chi connectivity index (χ0) is 27.6. The molecular formula is C26H17Cl4FN2O5. The number of fused-ring (bicyclic) bond motifs is 1. The molecule has 196 valence electrons. The Bertz CT molecular complexity index is 1520. The van der Waals surface area contributed by atoms with Crippen molar-refractivity contribution < 1.29 is 28.2 Å². The molecule has 2 aliphatic rings. The number of aryl methyl sites for hydroxylation is 1. The van der Waals surface area contributed by atoms with E-state index < -0.39 is 35.6 Å². The van der Waals surface area contributed by atoms with Gasteiger partial charge in [-0.3, -0.25) is 19.3 Å². The summed E-state index contributed by atoms with van der Waals surface area (Å²) in [6, 6.07) is 6.87. The predicted molar refractivity (Wildman–Crippen MR) is 142 cm³/mol. The molecule has 0 saturated carbocycles. The quantitative estimate of drug-likeness (QED) is 0.145. The van der Waals surface area contributed by atoms with Crippen LogP contribution in [0.5, 0.6) is 11.5 Å². The highest BCUT2D eigenvalue weighted by molar-refractivity contribution is 6.55. The molecular weight excluding hydrogens is 581 g/mol. The zero-order valence-corrected chi connectivity index (χ0v) is 23.0. The van der Waals surface area contributed by atoms with E-state index >= 15 is 0 Å². The van der Waals surface area contributed by atoms with Gasteiger partial charge in [0, 0.05) is 11.3 Å². The molecule has 2 atom stereocenters. The molecule has 3 aromatic rings. The molecule has 0 aromatic heterocycles. The van der Waals surface area contributed by atoms with E-state index in [2.05, 4.69) is 0 Å². The summed E-state index contributed by atoms with van der Waals surface area (Å²) in [5.41, 5.74) is 0.525. The zero-order valence-electron chi connectivity index (χ0n) is 19.9. The smallest absolute Gasteiger partial charge is 0.264 e. The third kappa shape index (κ3) is 3.73. The number of carbonyl (C=O) groups is 3. The summed E-state index contributed by atoms with van der Waals surface area (Å²) >= 11 is 24.9. The molecule has 2 heterocycles. The highest BCUT2D eigenvalue weighted by Crippen LogP contribution is 2.50. The summed E-state index contributed by atoms with van der Waals surface area (Å²) in [4.78, 5) is 43.0. The molecule has 7 nitrogen and oxygen atoms in total. The molecule has 3 amide bonds. The van der Waals surface area contributed by atoms with Crippen LogP contribution in [-0.4, -0.2) is 42.9 Å². The van der Waals surface area contributed by atoms with Crippen LogP contribution in [0.15, 0.2) is 36.4 Å². The lowest BCUT2D eigenvalue weighted by Crippen LogP contribution is -2.67. The van der Waals surface area contributed by atoms with Crippen molar-refractivity contribution in [3.63, 3.8) is 0 Å². The molecule has 38 heavy (non-hydrogen) atoms. The molecule has 0 N–H and O–H groups in total. The number of ether oxygens (including phenoxy) is 2. The lowest BCUT2D eigenvalue weighted by molar-refractivity contribution is -0.130. The van der Waals surface area contributed by atoms with E-state index in [9.17, 15) is 18.8 Å². The maximum absolute atomic E-state index is 14.5.